The van der Waals surface area contributed by atoms with Crippen molar-refractivity contribution in [3.8, 4) is 11.5 Å². The predicted molar refractivity (Wildman–Crippen MR) is 79.4 cm³/mol. The summed E-state index contributed by atoms with van der Waals surface area (Å²) in [5.74, 6) is 1.90. The van der Waals surface area contributed by atoms with E-state index in [1.54, 1.807) is 4.68 Å². The summed E-state index contributed by atoms with van der Waals surface area (Å²) >= 11 is 0. The lowest BCUT2D eigenvalue weighted by Crippen LogP contribution is -2.41. The van der Waals surface area contributed by atoms with Crippen LogP contribution in [0.3, 0.4) is 0 Å². The van der Waals surface area contributed by atoms with Crippen LogP contribution >= 0.6 is 0 Å². The topological polar surface area (TPSA) is 82.8 Å². The van der Waals surface area contributed by atoms with Crippen LogP contribution in [0.2, 0.25) is 0 Å². The number of aryl methyl sites for hydroxylation is 2. The monoisotopic (exact) mass is 289 g/mol. The molecule has 0 aliphatic heterocycles. The van der Waals surface area contributed by atoms with Gasteiger partial charge in [-0.25, -0.2) is 0 Å². The van der Waals surface area contributed by atoms with Crippen LogP contribution in [0.25, 0.3) is 11.5 Å². The van der Waals surface area contributed by atoms with Crippen molar-refractivity contribution in [1.29, 1.82) is 0 Å². The van der Waals surface area contributed by atoms with Gasteiger partial charge in [0.2, 0.25) is 0 Å². The van der Waals surface area contributed by atoms with Gasteiger partial charge in [-0.15, -0.1) is 0 Å². The molecule has 2 aromatic heterocycles. The van der Waals surface area contributed by atoms with Gasteiger partial charge in [0.05, 0.1) is 16.8 Å². The minimum atomic E-state index is -0.442. The highest BCUT2D eigenvalue weighted by molar-refractivity contribution is 5.55. The zero-order valence-electron chi connectivity index (χ0n) is 13.0. The predicted octanol–water partition coefficient (Wildman–Crippen LogP) is 2.40. The molecule has 2 aromatic rings. The molecule has 1 aliphatic carbocycles. The van der Waals surface area contributed by atoms with E-state index in [9.17, 15) is 0 Å². The summed E-state index contributed by atoms with van der Waals surface area (Å²) in [5, 5.41) is 8.56. The van der Waals surface area contributed by atoms with Crippen LogP contribution in [0.1, 0.15) is 51.0 Å². The lowest BCUT2D eigenvalue weighted by molar-refractivity contribution is 0.230. The van der Waals surface area contributed by atoms with Gasteiger partial charge in [-0.05, 0) is 38.0 Å². The van der Waals surface area contributed by atoms with E-state index >= 15 is 0 Å². The molecule has 0 spiro atoms. The van der Waals surface area contributed by atoms with Crippen molar-refractivity contribution in [2.75, 3.05) is 0 Å². The van der Waals surface area contributed by atoms with Gasteiger partial charge >= 0.3 is 0 Å². The molecule has 2 heterocycles. The average Bonchev–Trinajstić information content (AvgIpc) is 3.08. The van der Waals surface area contributed by atoms with E-state index in [4.69, 9.17) is 10.3 Å². The van der Waals surface area contributed by atoms with Crippen molar-refractivity contribution < 1.29 is 4.52 Å². The van der Waals surface area contributed by atoms with Gasteiger partial charge < -0.3 is 10.3 Å². The van der Waals surface area contributed by atoms with Gasteiger partial charge in [-0.2, -0.15) is 10.1 Å². The quantitative estimate of drug-likeness (QED) is 0.938. The lowest BCUT2D eigenvalue weighted by Gasteiger charge is -2.33. The summed E-state index contributed by atoms with van der Waals surface area (Å²) in [5.41, 5.74) is 7.94. The number of hydrogen-bond acceptors (Lipinski definition) is 5. The van der Waals surface area contributed by atoms with Gasteiger partial charge in [0, 0.05) is 13.2 Å². The zero-order chi connectivity index (χ0) is 15.0. The van der Waals surface area contributed by atoms with E-state index in [1.807, 2.05) is 13.2 Å². The molecular formula is C15H23N5O. The Morgan fingerprint density at radius 3 is 2.81 bits per heavy atom. The lowest BCUT2D eigenvalue weighted by atomic mass is 9.77. The average molecular weight is 289 g/mol. The highest BCUT2D eigenvalue weighted by atomic mass is 16.5. The summed E-state index contributed by atoms with van der Waals surface area (Å²) in [6.45, 7) is 4.33. The summed E-state index contributed by atoms with van der Waals surface area (Å²) in [6, 6.07) is 0. The molecule has 0 unspecified atom stereocenters. The van der Waals surface area contributed by atoms with Crippen LogP contribution in [0, 0.1) is 5.92 Å². The maximum atomic E-state index is 6.50. The Balaban J connectivity index is 1.89. The van der Waals surface area contributed by atoms with Crippen molar-refractivity contribution in [2.24, 2.45) is 18.7 Å². The van der Waals surface area contributed by atoms with E-state index < -0.39 is 5.54 Å². The van der Waals surface area contributed by atoms with Crippen LogP contribution in [-0.4, -0.2) is 19.9 Å². The SMILES string of the molecule is CCc1nn(C)cc1-c1nc(C2(N)CCC(C)CC2)no1. The van der Waals surface area contributed by atoms with Crippen LogP contribution in [0.4, 0.5) is 0 Å². The molecule has 1 saturated carbocycles. The summed E-state index contributed by atoms with van der Waals surface area (Å²) in [7, 11) is 1.90. The van der Waals surface area contributed by atoms with E-state index in [1.165, 1.54) is 0 Å². The van der Waals surface area contributed by atoms with Crippen LogP contribution in [0.15, 0.2) is 10.7 Å². The van der Waals surface area contributed by atoms with Gasteiger partial charge in [-0.1, -0.05) is 19.0 Å². The zero-order valence-corrected chi connectivity index (χ0v) is 13.0. The molecule has 0 amide bonds. The fraction of sp³-hybridized carbons (Fsp3) is 0.667. The minimum absolute atomic E-state index is 0.442. The van der Waals surface area contributed by atoms with Gasteiger partial charge in [0.25, 0.3) is 5.89 Å². The first-order chi connectivity index (χ1) is 10.0. The van der Waals surface area contributed by atoms with E-state index in [0.29, 0.717) is 11.7 Å². The van der Waals surface area contributed by atoms with Crippen molar-refractivity contribution in [1.82, 2.24) is 19.9 Å². The normalized spacial score (nSPS) is 26.2. The Labute approximate surface area is 124 Å². The molecule has 1 fully saturated rings. The third-order valence-electron chi connectivity index (χ3n) is 4.51. The van der Waals surface area contributed by atoms with Crippen LogP contribution in [-0.2, 0) is 19.0 Å². The summed E-state index contributed by atoms with van der Waals surface area (Å²) < 4.78 is 7.23. The Morgan fingerprint density at radius 1 is 1.43 bits per heavy atom. The molecular weight excluding hydrogens is 266 g/mol. The molecule has 6 nitrogen and oxygen atoms in total. The van der Waals surface area contributed by atoms with E-state index in [-0.39, 0.29) is 0 Å². The van der Waals surface area contributed by atoms with E-state index in [0.717, 1.165) is 49.3 Å². The molecule has 0 aromatic carbocycles. The first-order valence-electron chi connectivity index (χ1n) is 7.68. The molecule has 0 bridgehead atoms. The number of nitrogens with zero attached hydrogens (tertiary/aromatic N) is 4. The molecule has 114 valence electrons. The minimum Gasteiger partial charge on any atom is -0.334 e. The van der Waals surface area contributed by atoms with Crippen molar-refractivity contribution in [3.63, 3.8) is 0 Å². The molecule has 0 radical (unpaired) electrons. The highest BCUT2D eigenvalue weighted by Crippen LogP contribution is 2.36. The third kappa shape index (κ3) is 2.60. The highest BCUT2D eigenvalue weighted by Gasteiger charge is 2.36. The Hall–Kier alpha value is -1.69. The molecule has 21 heavy (non-hydrogen) atoms. The Bertz CT molecular complexity index is 622. The largest absolute Gasteiger partial charge is 0.334 e. The fourth-order valence-corrected chi connectivity index (χ4v) is 3.01. The molecule has 6 heteroatoms. The molecule has 1 aliphatic rings. The molecule has 0 saturated heterocycles. The molecule has 2 N–H and O–H groups in total. The van der Waals surface area contributed by atoms with Gasteiger partial charge in [0.15, 0.2) is 5.82 Å². The number of nitrogens with two attached hydrogens (primary N) is 1. The van der Waals surface area contributed by atoms with Gasteiger partial charge in [-0.3, -0.25) is 4.68 Å². The number of hydrogen-bond donors (Lipinski definition) is 1. The third-order valence-corrected chi connectivity index (χ3v) is 4.51. The standard InChI is InChI=1S/C15H23N5O/c1-4-12-11(9-20(3)18-12)13-17-14(19-21-13)15(16)7-5-10(2)6-8-15/h9-10H,4-8,16H2,1-3H3. The van der Waals surface area contributed by atoms with Crippen molar-refractivity contribution in [3.05, 3.63) is 17.7 Å². The Kier molecular flexibility index (Phi) is 3.57. The smallest absolute Gasteiger partial charge is 0.261 e. The first-order valence-corrected chi connectivity index (χ1v) is 7.68. The summed E-state index contributed by atoms with van der Waals surface area (Å²) in [4.78, 5) is 4.57. The van der Waals surface area contributed by atoms with Gasteiger partial charge in [0.1, 0.15) is 0 Å². The maximum Gasteiger partial charge on any atom is 0.261 e. The number of rotatable bonds is 3. The second-order valence-electron chi connectivity index (χ2n) is 6.28. The van der Waals surface area contributed by atoms with Crippen LogP contribution < -0.4 is 5.73 Å². The molecule has 0 atom stereocenters. The van der Waals surface area contributed by atoms with Crippen molar-refractivity contribution in [2.45, 2.75) is 51.5 Å². The van der Waals surface area contributed by atoms with E-state index in [2.05, 4.69) is 29.1 Å². The second kappa shape index (κ2) is 5.26. The second-order valence-corrected chi connectivity index (χ2v) is 6.28. The summed E-state index contributed by atoms with van der Waals surface area (Å²) in [6.07, 6.45) is 6.82. The fourth-order valence-electron chi connectivity index (χ4n) is 3.01. The van der Waals surface area contributed by atoms with Crippen molar-refractivity contribution >= 4 is 0 Å². The Morgan fingerprint density at radius 2 is 2.14 bits per heavy atom. The van der Waals surface area contributed by atoms with Crippen LogP contribution in [0.5, 0.6) is 0 Å². The molecule has 3 rings (SSSR count). The maximum absolute atomic E-state index is 6.50. The number of aromatic nitrogens is 4. The first kappa shape index (κ1) is 14.3.